The van der Waals surface area contributed by atoms with E-state index in [-0.39, 0.29) is 12.0 Å². The van der Waals surface area contributed by atoms with E-state index in [9.17, 15) is 9.90 Å². The molecule has 1 aliphatic heterocycles. The molecule has 1 aromatic heterocycles. The Kier molecular flexibility index (Phi) is 5.43. The molecule has 0 saturated carbocycles. The van der Waals surface area contributed by atoms with Crippen molar-refractivity contribution in [3.8, 4) is 0 Å². The summed E-state index contributed by atoms with van der Waals surface area (Å²) in [6.07, 6.45) is 5.56. The first kappa shape index (κ1) is 14.9. The summed E-state index contributed by atoms with van der Waals surface area (Å²) < 4.78 is 0. The third kappa shape index (κ3) is 4.54. The highest BCUT2D eigenvalue weighted by Crippen LogP contribution is 2.09. The average Bonchev–Trinajstić information content (AvgIpc) is 2.46. The van der Waals surface area contributed by atoms with Gasteiger partial charge in [-0.3, -0.25) is 9.78 Å². The minimum Gasteiger partial charge on any atom is -0.393 e. The second kappa shape index (κ2) is 7.31. The highest BCUT2D eigenvalue weighted by atomic mass is 16.3. The third-order valence-corrected chi connectivity index (χ3v) is 3.51. The van der Waals surface area contributed by atoms with E-state index >= 15 is 0 Å². The van der Waals surface area contributed by atoms with Gasteiger partial charge >= 0.3 is 0 Å². The molecule has 0 spiro atoms. The molecular weight excluding hydrogens is 256 g/mol. The van der Waals surface area contributed by atoms with Crippen LogP contribution in [0.25, 0.3) is 0 Å². The normalized spacial score (nSPS) is 17.1. The maximum atomic E-state index is 11.8. The lowest BCUT2D eigenvalue weighted by Crippen LogP contribution is -2.37. The van der Waals surface area contributed by atoms with E-state index in [0.29, 0.717) is 12.2 Å². The largest absolute Gasteiger partial charge is 0.393 e. The first-order valence-corrected chi connectivity index (χ1v) is 7.12. The lowest BCUT2D eigenvalue weighted by atomic mass is 10.1. The summed E-state index contributed by atoms with van der Waals surface area (Å²) in [6.45, 7) is 5.31. The Morgan fingerprint density at radius 1 is 1.40 bits per heavy atom. The predicted octanol–water partition coefficient (Wildman–Crippen LogP) is 0.362. The average molecular weight is 278 g/mol. The summed E-state index contributed by atoms with van der Waals surface area (Å²) >= 11 is 0. The molecule has 0 bridgehead atoms. The number of hydrogen-bond donors (Lipinski definition) is 2. The van der Waals surface area contributed by atoms with Crippen molar-refractivity contribution in [2.75, 3.05) is 26.2 Å². The van der Waals surface area contributed by atoms with E-state index < -0.39 is 0 Å². The zero-order valence-corrected chi connectivity index (χ0v) is 11.9. The fourth-order valence-corrected chi connectivity index (χ4v) is 2.25. The number of aryl methyl sites for hydroxylation is 1. The highest BCUT2D eigenvalue weighted by molar-refractivity contribution is 5.91. The SMILES string of the molecule is Cc1cnc(C(=O)NCCCN2CCC(O)CC2)cn1. The molecule has 0 unspecified atom stereocenters. The van der Waals surface area contributed by atoms with E-state index in [1.807, 2.05) is 6.92 Å². The van der Waals surface area contributed by atoms with Gasteiger partial charge in [0.2, 0.25) is 0 Å². The van der Waals surface area contributed by atoms with Crippen molar-refractivity contribution in [1.82, 2.24) is 20.2 Å². The van der Waals surface area contributed by atoms with Crippen LogP contribution in [-0.2, 0) is 0 Å². The van der Waals surface area contributed by atoms with E-state index in [1.165, 1.54) is 6.20 Å². The number of aromatic nitrogens is 2. The number of aliphatic hydroxyl groups excluding tert-OH is 1. The van der Waals surface area contributed by atoms with Crippen molar-refractivity contribution in [1.29, 1.82) is 0 Å². The van der Waals surface area contributed by atoms with Crippen molar-refractivity contribution in [3.63, 3.8) is 0 Å². The standard InChI is InChI=1S/C14H22N4O2/c1-11-9-17-13(10-16-11)14(20)15-5-2-6-18-7-3-12(19)4-8-18/h9-10,12,19H,2-8H2,1H3,(H,15,20). The fraction of sp³-hybridized carbons (Fsp3) is 0.643. The Hall–Kier alpha value is -1.53. The zero-order chi connectivity index (χ0) is 14.4. The Morgan fingerprint density at radius 2 is 2.15 bits per heavy atom. The minimum atomic E-state index is -0.174. The summed E-state index contributed by atoms with van der Waals surface area (Å²) in [7, 11) is 0. The van der Waals surface area contributed by atoms with E-state index in [4.69, 9.17) is 0 Å². The van der Waals surface area contributed by atoms with Gasteiger partial charge in [-0.1, -0.05) is 0 Å². The molecule has 0 radical (unpaired) electrons. The molecule has 2 rings (SSSR count). The minimum absolute atomic E-state index is 0.133. The molecule has 6 heteroatoms. The molecular formula is C14H22N4O2. The third-order valence-electron chi connectivity index (χ3n) is 3.51. The molecule has 1 fully saturated rings. The smallest absolute Gasteiger partial charge is 0.271 e. The predicted molar refractivity (Wildman–Crippen MR) is 75.4 cm³/mol. The maximum absolute atomic E-state index is 11.8. The van der Waals surface area contributed by atoms with Crippen LogP contribution in [-0.4, -0.2) is 58.2 Å². The van der Waals surface area contributed by atoms with Gasteiger partial charge in [0.1, 0.15) is 5.69 Å². The molecule has 0 atom stereocenters. The number of aliphatic hydroxyl groups is 1. The van der Waals surface area contributed by atoms with Crippen LogP contribution in [0.4, 0.5) is 0 Å². The van der Waals surface area contributed by atoms with Crippen LogP contribution in [0.1, 0.15) is 35.4 Å². The Balaban J connectivity index is 1.63. The van der Waals surface area contributed by atoms with Crippen LogP contribution in [0.2, 0.25) is 0 Å². The zero-order valence-electron chi connectivity index (χ0n) is 11.9. The number of amides is 1. The monoisotopic (exact) mass is 278 g/mol. The van der Waals surface area contributed by atoms with Gasteiger partial charge in [-0.2, -0.15) is 0 Å². The number of piperidine rings is 1. The second-order valence-corrected chi connectivity index (χ2v) is 5.23. The topological polar surface area (TPSA) is 78.4 Å². The number of likely N-dealkylation sites (tertiary alicyclic amines) is 1. The van der Waals surface area contributed by atoms with Crippen molar-refractivity contribution in [3.05, 3.63) is 23.8 Å². The summed E-state index contributed by atoms with van der Waals surface area (Å²) in [6, 6.07) is 0. The Labute approximate surface area is 119 Å². The van der Waals surface area contributed by atoms with Gasteiger partial charge in [0.25, 0.3) is 5.91 Å². The van der Waals surface area contributed by atoms with Crippen molar-refractivity contribution in [2.24, 2.45) is 0 Å². The number of carbonyl (C=O) groups is 1. The van der Waals surface area contributed by atoms with Gasteiger partial charge in [-0.25, -0.2) is 4.98 Å². The maximum Gasteiger partial charge on any atom is 0.271 e. The molecule has 2 N–H and O–H groups in total. The molecule has 2 heterocycles. The summed E-state index contributed by atoms with van der Waals surface area (Å²) in [5.41, 5.74) is 1.16. The van der Waals surface area contributed by atoms with Crippen LogP contribution in [0.15, 0.2) is 12.4 Å². The number of carbonyl (C=O) groups excluding carboxylic acids is 1. The molecule has 6 nitrogen and oxygen atoms in total. The lowest BCUT2D eigenvalue weighted by Gasteiger charge is -2.29. The summed E-state index contributed by atoms with van der Waals surface area (Å²) in [5, 5.41) is 12.3. The second-order valence-electron chi connectivity index (χ2n) is 5.23. The first-order chi connectivity index (χ1) is 9.65. The molecule has 110 valence electrons. The van der Waals surface area contributed by atoms with Gasteiger partial charge in [-0.15, -0.1) is 0 Å². The van der Waals surface area contributed by atoms with Crippen LogP contribution >= 0.6 is 0 Å². The van der Waals surface area contributed by atoms with E-state index in [2.05, 4.69) is 20.2 Å². The van der Waals surface area contributed by atoms with Crippen LogP contribution in [0.5, 0.6) is 0 Å². The Morgan fingerprint density at radius 3 is 2.80 bits per heavy atom. The van der Waals surface area contributed by atoms with Crippen LogP contribution in [0, 0.1) is 6.92 Å². The van der Waals surface area contributed by atoms with Gasteiger partial charge in [0.05, 0.1) is 18.0 Å². The number of nitrogens with zero attached hydrogens (tertiary/aromatic N) is 3. The van der Waals surface area contributed by atoms with Crippen molar-refractivity contribution >= 4 is 5.91 Å². The van der Waals surface area contributed by atoms with Gasteiger partial charge in [0, 0.05) is 25.8 Å². The molecule has 0 aromatic carbocycles. The van der Waals surface area contributed by atoms with Gasteiger partial charge < -0.3 is 15.3 Å². The van der Waals surface area contributed by atoms with Gasteiger partial charge in [0.15, 0.2) is 0 Å². The Bertz CT molecular complexity index is 427. The molecule has 0 aliphatic carbocycles. The number of hydrogen-bond acceptors (Lipinski definition) is 5. The summed E-state index contributed by atoms with van der Waals surface area (Å²) in [4.78, 5) is 22.2. The van der Waals surface area contributed by atoms with Crippen LogP contribution in [0.3, 0.4) is 0 Å². The van der Waals surface area contributed by atoms with Gasteiger partial charge in [-0.05, 0) is 32.7 Å². The lowest BCUT2D eigenvalue weighted by molar-refractivity contribution is 0.0816. The molecule has 20 heavy (non-hydrogen) atoms. The fourth-order valence-electron chi connectivity index (χ4n) is 2.25. The quantitative estimate of drug-likeness (QED) is 0.760. The molecule has 1 saturated heterocycles. The number of nitrogens with one attached hydrogen (secondary N) is 1. The highest BCUT2D eigenvalue weighted by Gasteiger charge is 2.16. The van der Waals surface area contributed by atoms with Crippen molar-refractivity contribution < 1.29 is 9.90 Å². The molecule has 1 aliphatic rings. The summed E-state index contributed by atoms with van der Waals surface area (Å²) in [5.74, 6) is -0.174. The number of rotatable bonds is 5. The molecule has 1 aromatic rings. The van der Waals surface area contributed by atoms with Crippen LogP contribution < -0.4 is 5.32 Å². The van der Waals surface area contributed by atoms with Crippen molar-refractivity contribution in [2.45, 2.75) is 32.3 Å². The van der Waals surface area contributed by atoms with E-state index in [0.717, 1.165) is 44.6 Å². The molecule has 1 amide bonds. The first-order valence-electron chi connectivity index (χ1n) is 7.12. The van der Waals surface area contributed by atoms with E-state index in [1.54, 1.807) is 6.20 Å².